The van der Waals surface area contributed by atoms with Crippen LogP contribution in [-0.2, 0) is 0 Å². The van der Waals surface area contributed by atoms with Gasteiger partial charge in [-0.15, -0.1) is 10.2 Å². The van der Waals surface area contributed by atoms with Gasteiger partial charge in [0.2, 0.25) is 5.82 Å². The molecule has 1 aromatic heterocycles. The van der Waals surface area contributed by atoms with Crippen molar-refractivity contribution < 1.29 is 14.1 Å². The zero-order valence-corrected chi connectivity index (χ0v) is 10.5. The molecule has 102 valence electrons. The van der Waals surface area contributed by atoms with E-state index < -0.39 is 22.3 Å². The van der Waals surface area contributed by atoms with Crippen molar-refractivity contribution in [3.05, 3.63) is 57.1 Å². The predicted octanol–water partition coefficient (Wildman–Crippen LogP) is 2.43. The maximum absolute atomic E-state index is 13.4. The summed E-state index contributed by atoms with van der Waals surface area (Å²) < 4.78 is 13.4. The lowest BCUT2D eigenvalue weighted by Gasteiger charge is -2.04. The molecule has 0 fully saturated rings. The molecule has 0 atom stereocenters. The smallest absolute Gasteiger partial charge is 0.304 e. The lowest BCUT2D eigenvalue weighted by molar-refractivity contribution is -0.387. The summed E-state index contributed by atoms with van der Waals surface area (Å²) in [6.07, 6.45) is 0. The number of halogens is 2. The van der Waals surface area contributed by atoms with Crippen LogP contribution in [0.4, 0.5) is 15.8 Å². The average Bonchev–Trinajstić information content (AvgIpc) is 2.39. The van der Waals surface area contributed by atoms with Crippen LogP contribution in [0.2, 0.25) is 5.15 Å². The Hall–Kier alpha value is -2.61. The molecular formula is C11H6ClFN4O3. The van der Waals surface area contributed by atoms with Crippen LogP contribution in [-0.4, -0.2) is 21.0 Å². The number of nitro benzene ring substituents is 1. The number of aromatic nitrogens is 2. The van der Waals surface area contributed by atoms with E-state index in [0.717, 1.165) is 12.1 Å². The number of nitrogens with zero attached hydrogens (tertiary/aromatic N) is 3. The second kappa shape index (κ2) is 5.57. The van der Waals surface area contributed by atoms with Gasteiger partial charge in [-0.2, -0.15) is 4.39 Å². The van der Waals surface area contributed by atoms with Crippen LogP contribution in [0.3, 0.4) is 0 Å². The topological polar surface area (TPSA) is 98.0 Å². The van der Waals surface area contributed by atoms with E-state index in [0.29, 0.717) is 0 Å². The van der Waals surface area contributed by atoms with E-state index in [4.69, 9.17) is 11.6 Å². The number of carbonyl (C=O) groups is 1. The van der Waals surface area contributed by atoms with Crippen molar-refractivity contribution in [2.24, 2.45) is 0 Å². The molecule has 1 N–H and O–H groups in total. The highest BCUT2D eigenvalue weighted by atomic mass is 35.5. The standard InChI is InChI=1S/C11H6ClFN4O3/c12-10-4-2-8(15-16-10)11(18)14-6-1-3-9(17(19)20)7(13)5-6/h1-5H,(H,14,18). The van der Waals surface area contributed by atoms with Gasteiger partial charge in [0.25, 0.3) is 5.91 Å². The first kappa shape index (κ1) is 13.8. The minimum Gasteiger partial charge on any atom is -0.320 e. The summed E-state index contributed by atoms with van der Waals surface area (Å²) in [6, 6.07) is 5.73. The maximum Gasteiger partial charge on any atom is 0.304 e. The molecule has 0 aliphatic heterocycles. The highest BCUT2D eigenvalue weighted by Crippen LogP contribution is 2.21. The molecule has 2 aromatic rings. The third-order valence-electron chi connectivity index (χ3n) is 2.27. The van der Waals surface area contributed by atoms with Gasteiger partial charge in [0.05, 0.1) is 4.92 Å². The number of nitro groups is 1. The summed E-state index contributed by atoms with van der Waals surface area (Å²) in [5.41, 5.74) is -0.628. The van der Waals surface area contributed by atoms with E-state index in [-0.39, 0.29) is 16.5 Å². The molecule has 1 heterocycles. The Kier molecular flexibility index (Phi) is 3.85. The highest BCUT2D eigenvalue weighted by molar-refractivity contribution is 6.29. The lowest BCUT2D eigenvalue weighted by atomic mass is 10.2. The minimum absolute atomic E-state index is 0.0202. The third kappa shape index (κ3) is 3.04. The molecule has 0 aliphatic carbocycles. The summed E-state index contributed by atoms with van der Waals surface area (Å²) in [4.78, 5) is 21.3. The first-order valence-electron chi connectivity index (χ1n) is 5.22. The van der Waals surface area contributed by atoms with Gasteiger partial charge >= 0.3 is 5.69 Å². The Balaban J connectivity index is 2.18. The number of rotatable bonds is 3. The molecule has 0 unspecified atom stereocenters. The van der Waals surface area contributed by atoms with E-state index in [2.05, 4.69) is 15.5 Å². The number of amides is 1. The predicted molar refractivity (Wildman–Crippen MR) is 68.0 cm³/mol. The van der Waals surface area contributed by atoms with E-state index in [1.165, 1.54) is 18.2 Å². The van der Waals surface area contributed by atoms with Crippen LogP contribution >= 0.6 is 11.6 Å². The molecule has 0 bridgehead atoms. The fourth-order valence-corrected chi connectivity index (χ4v) is 1.47. The Morgan fingerprint density at radius 1 is 1.30 bits per heavy atom. The molecule has 9 heteroatoms. The van der Waals surface area contributed by atoms with Crippen molar-refractivity contribution in [2.45, 2.75) is 0 Å². The molecule has 1 amide bonds. The van der Waals surface area contributed by atoms with E-state index >= 15 is 0 Å². The molecule has 0 spiro atoms. The largest absolute Gasteiger partial charge is 0.320 e. The molecule has 0 aliphatic rings. The van der Waals surface area contributed by atoms with Gasteiger partial charge in [0.15, 0.2) is 10.8 Å². The summed E-state index contributed by atoms with van der Waals surface area (Å²) >= 11 is 5.53. The number of hydrogen-bond donors (Lipinski definition) is 1. The monoisotopic (exact) mass is 296 g/mol. The molecular weight excluding hydrogens is 291 g/mol. The van der Waals surface area contributed by atoms with Crippen molar-refractivity contribution in [1.82, 2.24) is 10.2 Å². The SMILES string of the molecule is O=C(Nc1ccc([N+](=O)[O-])c(F)c1)c1ccc(Cl)nn1. The van der Waals surface area contributed by atoms with Gasteiger partial charge < -0.3 is 5.32 Å². The Bertz CT molecular complexity index is 678. The molecule has 0 saturated heterocycles. The van der Waals surface area contributed by atoms with Crippen molar-refractivity contribution in [3.8, 4) is 0 Å². The molecule has 2 rings (SSSR count). The Labute approximate surface area is 116 Å². The quantitative estimate of drug-likeness (QED) is 0.693. The van der Waals surface area contributed by atoms with Crippen LogP contribution < -0.4 is 5.32 Å². The summed E-state index contributed by atoms with van der Waals surface area (Å²) in [6.45, 7) is 0. The van der Waals surface area contributed by atoms with Gasteiger partial charge in [-0.05, 0) is 18.2 Å². The molecule has 0 saturated carbocycles. The van der Waals surface area contributed by atoms with Crippen LogP contribution in [0.25, 0.3) is 0 Å². The minimum atomic E-state index is -1.05. The fourth-order valence-electron chi connectivity index (χ4n) is 1.36. The summed E-state index contributed by atoms with van der Waals surface area (Å²) in [5.74, 6) is -1.68. The van der Waals surface area contributed by atoms with Crippen LogP contribution in [0.15, 0.2) is 30.3 Å². The number of nitrogens with one attached hydrogen (secondary N) is 1. The van der Waals surface area contributed by atoms with Crippen LogP contribution in [0.5, 0.6) is 0 Å². The Morgan fingerprint density at radius 3 is 2.60 bits per heavy atom. The van der Waals surface area contributed by atoms with Crippen LogP contribution in [0.1, 0.15) is 10.5 Å². The first-order valence-corrected chi connectivity index (χ1v) is 5.59. The van der Waals surface area contributed by atoms with Gasteiger partial charge in [-0.25, -0.2) is 0 Å². The van der Waals surface area contributed by atoms with E-state index in [9.17, 15) is 19.3 Å². The van der Waals surface area contributed by atoms with Gasteiger partial charge in [0, 0.05) is 17.8 Å². The van der Waals surface area contributed by atoms with Gasteiger partial charge in [0.1, 0.15) is 0 Å². The second-order valence-electron chi connectivity index (χ2n) is 3.62. The van der Waals surface area contributed by atoms with Gasteiger partial charge in [-0.1, -0.05) is 11.6 Å². The lowest BCUT2D eigenvalue weighted by Crippen LogP contribution is -2.14. The molecule has 20 heavy (non-hydrogen) atoms. The van der Waals surface area contributed by atoms with Crippen molar-refractivity contribution in [1.29, 1.82) is 0 Å². The van der Waals surface area contributed by atoms with E-state index in [1.54, 1.807) is 0 Å². The molecule has 1 aromatic carbocycles. The number of carbonyl (C=O) groups excluding carboxylic acids is 1. The highest BCUT2D eigenvalue weighted by Gasteiger charge is 2.15. The van der Waals surface area contributed by atoms with Gasteiger partial charge in [-0.3, -0.25) is 14.9 Å². The average molecular weight is 297 g/mol. The second-order valence-corrected chi connectivity index (χ2v) is 4.01. The first-order chi connectivity index (χ1) is 9.47. The zero-order chi connectivity index (χ0) is 14.7. The van der Waals surface area contributed by atoms with Crippen molar-refractivity contribution >= 4 is 28.9 Å². The van der Waals surface area contributed by atoms with Crippen molar-refractivity contribution in [2.75, 3.05) is 5.32 Å². The number of benzene rings is 1. The van der Waals surface area contributed by atoms with Crippen molar-refractivity contribution in [3.63, 3.8) is 0 Å². The summed E-state index contributed by atoms with van der Waals surface area (Å²) in [5, 5.41) is 20.0. The number of hydrogen-bond acceptors (Lipinski definition) is 5. The maximum atomic E-state index is 13.4. The third-order valence-corrected chi connectivity index (χ3v) is 2.47. The number of anilines is 1. The van der Waals surface area contributed by atoms with Crippen LogP contribution in [0, 0.1) is 15.9 Å². The summed E-state index contributed by atoms with van der Waals surface area (Å²) in [7, 11) is 0. The molecule has 7 nitrogen and oxygen atoms in total. The molecule has 0 radical (unpaired) electrons. The Morgan fingerprint density at radius 2 is 2.05 bits per heavy atom. The fraction of sp³-hybridized carbons (Fsp3) is 0. The van der Waals surface area contributed by atoms with E-state index in [1.807, 2.05) is 0 Å². The zero-order valence-electron chi connectivity index (χ0n) is 9.71. The normalized spacial score (nSPS) is 10.1.